The molecule has 1 amide bonds. The molecule has 0 atom stereocenters. The molecule has 0 aliphatic heterocycles. The summed E-state index contributed by atoms with van der Waals surface area (Å²) in [6.07, 6.45) is 2.76. The van der Waals surface area contributed by atoms with Gasteiger partial charge in [0.05, 0.1) is 30.1 Å². The van der Waals surface area contributed by atoms with E-state index in [1.807, 2.05) is 0 Å². The molecule has 0 saturated carbocycles. The average Bonchev–Trinajstić information content (AvgIpc) is 3.03. The van der Waals surface area contributed by atoms with E-state index in [1.165, 1.54) is 47.4 Å². The Bertz CT molecular complexity index is 761. The number of aryl methyl sites for hydroxylation is 1. The van der Waals surface area contributed by atoms with Gasteiger partial charge in [0, 0.05) is 6.42 Å². The first-order valence-corrected chi connectivity index (χ1v) is 6.98. The van der Waals surface area contributed by atoms with Crippen LogP contribution in [0, 0.1) is 10.1 Å². The Kier molecular flexibility index (Phi) is 6.09. The minimum absolute atomic E-state index is 0.0181. The fraction of sp³-hybridized carbons (Fsp3) is 0.214. The van der Waals surface area contributed by atoms with Gasteiger partial charge >= 0.3 is 12.4 Å². The Labute approximate surface area is 140 Å². The number of alkyl halides is 2. The van der Waals surface area contributed by atoms with Gasteiger partial charge in [-0.3, -0.25) is 4.79 Å². The van der Waals surface area contributed by atoms with E-state index in [2.05, 4.69) is 20.4 Å². The van der Waals surface area contributed by atoms with Gasteiger partial charge in [-0.15, -0.1) is 0 Å². The highest BCUT2D eigenvalue weighted by Gasteiger charge is 2.11. The zero-order chi connectivity index (χ0) is 18.2. The van der Waals surface area contributed by atoms with Crippen molar-refractivity contribution < 1.29 is 23.2 Å². The topological polar surface area (TPSA) is 112 Å². The molecule has 9 nitrogen and oxygen atoms in total. The minimum atomic E-state index is -2.89. The van der Waals surface area contributed by atoms with Gasteiger partial charge < -0.3 is 14.9 Å². The number of nitrogens with one attached hydrogen (secondary N) is 1. The molecule has 1 heterocycles. The van der Waals surface area contributed by atoms with Gasteiger partial charge in [-0.1, -0.05) is 0 Å². The van der Waals surface area contributed by atoms with E-state index in [0.717, 1.165) is 0 Å². The molecule has 0 bridgehead atoms. The van der Waals surface area contributed by atoms with Crippen molar-refractivity contribution in [1.29, 1.82) is 0 Å². The maximum atomic E-state index is 12.0. The Balaban J connectivity index is 1.76. The molecule has 1 aromatic heterocycles. The van der Waals surface area contributed by atoms with Gasteiger partial charge in [-0.25, -0.2) is 5.43 Å². The van der Waals surface area contributed by atoms with Crippen molar-refractivity contribution in [1.82, 2.24) is 15.2 Å². The van der Waals surface area contributed by atoms with Crippen LogP contribution in [0.15, 0.2) is 41.6 Å². The molecule has 11 heteroatoms. The molecule has 0 aliphatic carbocycles. The first-order chi connectivity index (χ1) is 11.9. The van der Waals surface area contributed by atoms with E-state index >= 15 is 0 Å². The van der Waals surface area contributed by atoms with Crippen LogP contribution in [0.1, 0.15) is 12.0 Å². The molecule has 2 aromatic rings. The highest BCUT2D eigenvalue weighted by molar-refractivity contribution is 5.82. The molecule has 0 radical (unpaired) electrons. The summed E-state index contributed by atoms with van der Waals surface area (Å²) in [6.45, 7) is -2.73. The number of hydrogen-bond acceptors (Lipinski definition) is 6. The second-order valence-electron chi connectivity index (χ2n) is 4.68. The number of nitrogens with zero attached hydrogens (tertiary/aromatic N) is 4. The van der Waals surface area contributed by atoms with Crippen molar-refractivity contribution >= 4 is 17.9 Å². The molecule has 25 heavy (non-hydrogen) atoms. The predicted octanol–water partition coefficient (Wildman–Crippen LogP) is 1.93. The quantitative estimate of drug-likeness (QED) is 0.443. The van der Waals surface area contributed by atoms with E-state index in [1.54, 1.807) is 0 Å². The van der Waals surface area contributed by atoms with Crippen molar-refractivity contribution in [3.63, 3.8) is 0 Å². The Morgan fingerprint density at radius 3 is 2.72 bits per heavy atom. The lowest BCUT2D eigenvalue weighted by Gasteiger charge is -2.03. The third kappa shape index (κ3) is 5.97. The van der Waals surface area contributed by atoms with Crippen molar-refractivity contribution in [3.8, 4) is 5.75 Å². The fourth-order valence-electron chi connectivity index (χ4n) is 1.76. The molecule has 0 unspecified atom stereocenters. The monoisotopic (exact) mass is 353 g/mol. The first kappa shape index (κ1) is 18.0. The minimum Gasteiger partial charge on any atom is -0.435 e. The van der Waals surface area contributed by atoms with Gasteiger partial charge in [-0.2, -0.15) is 18.6 Å². The fourth-order valence-corrected chi connectivity index (χ4v) is 1.76. The summed E-state index contributed by atoms with van der Waals surface area (Å²) in [5.74, 6) is -0.686. The number of rotatable bonds is 8. The molecule has 1 aromatic carbocycles. The summed E-state index contributed by atoms with van der Waals surface area (Å²) in [5.41, 5.74) is 2.86. The summed E-state index contributed by atoms with van der Waals surface area (Å²) in [5, 5.41) is 17.9. The average molecular weight is 353 g/mol. The lowest BCUT2D eigenvalue weighted by atomic mass is 10.2. The molecule has 0 spiro atoms. The number of ether oxygens (including phenoxy) is 1. The van der Waals surface area contributed by atoms with Gasteiger partial charge in [0.2, 0.25) is 5.91 Å². The molecule has 0 fully saturated rings. The number of amides is 1. The van der Waals surface area contributed by atoms with Crippen LogP contribution in [0.4, 0.5) is 14.6 Å². The SMILES string of the molecule is O=C(CCn1ccc([N+](=O)[O-])n1)NN=Cc1ccc(OC(F)F)cc1. The van der Waals surface area contributed by atoms with E-state index < -0.39 is 17.4 Å². The van der Waals surface area contributed by atoms with Gasteiger partial charge in [0.15, 0.2) is 0 Å². The number of nitro groups is 1. The van der Waals surface area contributed by atoms with Crippen molar-refractivity contribution in [2.24, 2.45) is 5.10 Å². The number of halogens is 2. The maximum Gasteiger partial charge on any atom is 0.389 e. The summed E-state index contributed by atoms with van der Waals surface area (Å²) >= 11 is 0. The largest absolute Gasteiger partial charge is 0.435 e. The summed E-state index contributed by atoms with van der Waals surface area (Å²) in [6, 6.07) is 6.92. The number of benzene rings is 1. The highest BCUT2D eigenvalue weighted by atomic mass is 19.3. The number of hydrazone groups is 1. The molecular weight excluding hydrogens is 340 g/mol. The van der Waals surface area contributed by atoms with Gasteiger partial charge in [-0.05, 0) is 34.8 Å². The van der Waals surface area contributed by atoms with Gasteiger partial charge in [0.25, 0.3) is 0 Å². The van der Waals surface area contributed by atoms with Crippen LogP contribution in [0.2, 0.25) is 0 Å². The zero-order valence-electron chi connectivity index (χ0n) is 12.7. The summed E-state index contributed by atoms with van der Waals surface area (Å²) < 4.78 is 29.5. The van der Waals surface area contributed by atoms with Crippen LogP contribution >= 0.6 is 0 Å². The normalized spacial score (nSPS) is 11.0. The van der Waals surface area contributed by atoms with Crippen LogP contribution in [0.5, 0.6) is 5.75 Å². The number of hydrogen-bond donors (Lipinski definition) is 1. The van der Waals surface area contributed by atoms with Crippen molar-refractivity contribution in [3.05, 3.63) is 52.2 Å². The molecule has 1 N–H and O–H groups in total. The van der Waals surface area contributed by atoms with E-state index in [9.17, 15) is 23.7 Å². The summed E-state index contributed by atoms with van der Waals surface area (Å²) in [7, 11) is 0. The maximum absolute atomic E-state index is 12.0. The Morgan fingerprint density at radius 1 is 1.40 bits per heavy atom. The molecule has 2 rings (SSSR count). The standard InChI is InChI=1S/C14H13F2N5O4/c15-14(16)25-11-3-1-10(2-4-11)9-17-18-13(22)6-8-20-7-5-12(19-20)21(23)24/h1-5,7,9,14H,6,8H2,(H,18,22). The zero-order valence-corrected chi connectivity index (χ0v) is 12.7. The smallest absolute Gasteiger partial charge is 0.389 e. The third-order valence-electron chi connectivity index (χ3n) is 2.89. The lowest BCUT2D eigenvalue weighted by molar-refractivity contribution is -0.389. The van der Waals surface area contributed by atoms with Crippen LogP contribution < -0.4 is 10.2 Å². The lowest BCUT2D eigenvalue weighted by Crippen LogP contribution is -2.19. The van der Waals surface area contributed by atoms with E-state index in [0.29, 0.717) is 5.56 Å². The molecule has 0 aliphatic rings. The first-order valence-electron chi connectivity index (χ1n) is 6.98. The van der Waals surface area contributed by atoms with Crippen LogP contribution in [0.3, 0.4) is 0 Å². The van der Waals surface area contributed by atoms with E-state index in [4.69, 9.17) is 0 Å². The highest BCUT2D eigenvalue weighted by Crippen LogP contribution is 2.13. The van der Waals surface area contributed by atoms with Crippen LogP contribution in [-0.4, -0.2) is 33.4 Å². The van der Waals surface area contributed by atoms with E-state index in [-0.39, 0.29) is 24.5 Å². The molecule has 132 valence electrons. The van der Waals surface area contributed by atoms with Gasteiger partial charge in [0.1, 0.15) is 5.75 Å². The Hall–Kier alpha value is -3.37. The second-order valence-corrected chi connectivity index (χ2v) is 4.68. The number of carbonyl (C=O) groups excluding carboxylic acids is 1. The summed E-state index contributed by atoms with van der Waals surface area (Å²) in [4.78, 5) is 21.5. The van der Waals surface area contributed by atoms with Crippen molar-refractivity contribution in [2.75, 3.05) is 0 Å². The molecule has 0 saturated heterocycles. The number of aromatic nitrogens is 2. The molecular formula is C14H13F2N5O4. The van der Waals surface area contributed by atoms with Crippen molar-refractivity contribution in [2.45, 2.75) is 19.6 Å². The predicted molar refractivity (Wildman–Crippen MR) is 82.3 cm³/mol. The Morgan fingerprint density at radius 2 is 2.12 bits per heavy atom. The third-order valence-corrected chi connectivity index (χ3v) is 2.89. The van der Waals surface area contributed by atoms with Crippen LogP contribution in [-0.2, 0) is 11.3 Å². The van der Waals surface area contributed by atoms with Crippen LogP contribution in [0.25, 0.3) is 0 Å². The second kappa shape index (κ2) is 8.47. The number of carbonyl (C=O) groups is 1.